The number of nitrogens with zero attached hydrogens (tertiary/aromatic N) is 2. The second kappa shape index (κ2) is 7.86. The van der Waals surface area contributed by atoms with Gasteiger partial charge in [-0.2, -0.15) is 0 Å². The molecule has 0 spiro atoms. The molecule has 0 saturated heterocycles. The molecule has 1 aliphatic carbocycles. The lowest BCUT2D eigenvalue weighted by atomic mass is 10.1. The van der Waals surface area contributed by atoms with E-state index in [1.807, 2.05) is 0 Å². The molecule has 1 heterocycles. The number of anilines is 2. The van der Waals surface area contributed by atoms with E-state index in [9.17, 15) is 9.18 Å². The predicted molar refractivity (Wildman–Crippen MR) is 91.5 cm³/mol. The van der Waals surface area contributed by atoms with E-state index in [2.05, 4.69) is 20.6 Å². The van der Waals surface area contributed by atoms with Gasteiger partial charge in [0.25, 0.3) is 5.91 Å². The van der Waals surface area contributed by atoms with Gasteiger partial charge >= 0.3 is 0 Å². The van der Waals surface area contributed by atoms with Crippen LogP contribution in [0.2, 0.25) is 0 Å². The summed E-state index contributed by atoms with van der Waals surface area (Å²) in [5, 5.41) is 6.04. The third-order valence-electron chi connectivity index (χ3n) is 4.19. The predicted octanol–water partition coefficient (Wildman–Crippen LogP) is 4.00. The highest BCUT2D eigenvalue weighted by atomic mass is 19.1. The van der Waals surface area contributed by atoms with E-state index in [0.29, 0.717) is 17.5 Å². The van der Waals surface area contributed by atoms with Crippen LogP contribution in [0.15, 0.2) is 36.7 Å². The third kappa shape index (κ3) is 4.50. The van der Waals surface area contributed by atoms with Crippen molar-refractivity contribution in [2.24, 2.45) is 0 Å². The van der Waals surface area contributed by atoms with Crippen LogP contribution in [0.3, 0.4) is 0 Å². The summed E-state index contributed by atoms with van der Waals surface area (Å²) in [6.07, 6.45) is 8.61. The Morgan fingerprint density at radius 2 is 1.88 bits per heavy atom. The maximum atomic E-state index is 13.2. The van der Waals surface area contributed by atoms with Gasteiger partial charge in [-0.15, -0.1) is 0 Å². The zero-order valence-electron chi connectivity index (χ0n) is 13.5. The number of carbonyl (C=O) groups excluding carboxylic acids is 1. The second-order valence-electron chi connectivity index (χ2n) is 6.09. The highest BCUT2D eigenvalue weighted by molar-refractivity contribution is 6.03. The van der Waals surface area contributed by atoms with Gasteiger partial charge in [-0.25, -0.2) is 14.4 Å². The van der Waals surface area contributed by atoms with Gasteiger partial charge in [-0.3, -0.25) is 4.79 Å². The van der Waals surface area contributed by atoms with Crippen molar-refractivity contribution in [1.82, 2.24) is 9.97 Å². The molecule has 1 saturated carbocycles. The molecular weight excluding hydrogens is 307 g/mol. The lowest BCUT2D eigenvalue weighted by Crippen LogP contribution is -2.20. The molecule has 3 rings (SSSR count). The largest absolute Gasteiger partial charge is 0.367 e. The van der Waals surface area contributed by atoms with Gasteiger partial charge in [0, 0.05) is 17.8 Å². The summed E-state index contributed by atoms with van der Waals surface area (Å²) in [5.41, 5.74) is 0.655. The second-order valence-corrected chi connectivity index (χ2v) is 6.09. The Labute approximate surface area is 140 Å². The average Bonchev–Trinajstić information content (AvgIpc) is 2.84. The maximum Gasteiger partial charge on any atom is 0.274 e. The van der Waals surface area contributed by atoms with Gasteiger partial charge in [-0.05, 0) is 31.0 Å². The number of nitrogens with one attached hydrogen (secondary N) is 2. The number of carbonyl (C=O) groups is 1. The molecule has 0 atom stereocenters. The van der Waals surface area contributed by atoms with Gasteiger partial charge in [0.15, 0.2) is 0 Å². The minimum Gasteiger partial charge on any atom is -0.367 e. The summed E-state index contributed by atoms with van der Waals surface area (Å²) in [4.78, 5) is 20.5. The van der Waals surface area contributed by atoms with Gasteiger partial charge < -0.3 is 10.6 Å². The zero-order valence-corrected chi connectivity index (χ0v) is 13.5. The Morgan fingerprint density at radius 1 is 1.08 bits per heavy atom. The first-order chi connectivity index (χ1) is 11.7. The van der Waals surface area contributed by atoms with Gasteiger partial charge in [0.1, 0.15) is 23.7 Å². The van der Waals surface area contributed by atoms with Crippen molar-refractivity contribution < 1.29 is 9.18 Å². The summed E-state index contributed by atoms with van der Waals surface area (Å²) < 4.78 is 13.2. The molecule has 1 aromatic carbocycles. The molecule has 2 aromatic rings. The number of benzene rings is 1. The molecule has 1 amide bonds. The monoisotopic (exact) mass is 328 g/mol. The van der Waals surface area contributed by atoms with Crippen molar-refractivity contribution in [2.45, 2.75) is 44.6 Å². The van der Waals surface area contributed by atoms with E-state index in [4.69, 9.17) is 0 Å². The van der Waals surface area contributed by atoms with Crippen molar-refractivity contribution >= 4 is 17.4 Å². The van der Waals surface area contributed by atoms with Crippen molar-refractivity contribution in [3.8, 4) is 0 Å². The Balaban J connectivity index is 1.66. The van der Waals surface area contributed by atoms with Crippen LogP contribution < -0.4 is 10.6 Å². The van der Waals surface area contributed by atoms with Crippen LogP contribution in [0.4, 0.5) is 15.9 Å². The quantitative estimate of drug-likeness (QED) is 0.833. The minimum atomic E-state index is -0.397. The fourth-order valence-electron chi connectivity index (χ4n) is 2.95. The van der Waals surface area contributed by atoms with E-state index in [1.165, 1.54) is 44.1 Å². The van der Waals surface area contributed by atoms with Crippen LogP contribution in [-0.2, 0) is 0 Å². The zero-order chi connectivity index (χ0) is 16.8. The average molecular weight is 328 g/mol. The number of aromatic nitrogens is 2. The molecule has 5 nitrogen and oxygen atoms in total. The molecular formula is C18H21FN4O. The lowest BCUT2D eigenvalue weighted by molar-refractivity contribution is 0.102. The lowest BCUT2D eigenvalue weighted by Gasteiger charge is -2.17. The number of halogens is 1. The van der Waals surface area contributed by atoms with Crippen LogP contribution in [0, 0.1) is 5.82 Å². The van der Waals surface area contributed by atoms with E-state index < -0.39 is 5.82 Å². The molecule has 24 heavy (non-hydrogen) atoms. The van der Waals surface area contributed by atoms with Gasteiger partial charge in [-0.1, -0.05) is 31.7 Å². The van der Waals surface area contributed by atoms with Gasteiger partial charge in [0.05, 0.1) is 0 Å². The SMILES string of the molecule is O=C(Nc1cccc(F)c1)c1cc(NC2CCCCCC2)ncn1. The first-order valence-corrected chi connectivity index (χ1v) is 8.36. The molecule has 0 aliphatic heterocycles. The Morgan fingerprint density at radius 3 is 2.62 bits per heavy atom. The summed E-state index contributed by atoms with van der Waals surface area (Å²) in [7, 11) is 0. The Hall–Kier alpha value is -2.50. The fraction of sp³-hybridized carbons (Fsp3) is 0.389. The molecule has 1 aromatic heterocycles. The highest BCUT2D eigenvalue weighted by Gasteiger charge is 2.14. The topological polar surface area (TPSA) is 66.9 Å². The van der Waals surface area contributed by atoms with Crippen molar-refractivity contribution in [3.05, 3.63) is 48.2 Å². The molecule has 0 unspecified atom stereocenters. The third-order valence-corrected chi connectivity index (χ3v) is 4.19. The minimum absolute atomic E-state index is 0.255. The first-order valence-electron chi connectivity index (χ1n) is 8.36. The highest BCUT2D eigenvalue weighted by Crippen LogP contribution is 2.20. The number of hydrogen-bond donors (Lipinski definition) is 2. The molecule has 126 valence electrons. The maximum absolute atomic E-state index is 13.2. The van der Waals surface area contributed by atoms with E-state index in [0.717, 1.165) is 12.8 Å². The smallest absolute Gasteiger partial charge is 0.274 e. The van der Waals surface area contributed by atoms with E-state index in [1.54, 1.807) is 18.2 Å². The van der Waals surface area contributed by atoms with Crippen LogP contribution >= 0.6 is 0 Å². The molecule has 1 fully saturated rings. The molecule has 6 heteroatoms. The fourth-order valence-corrected chi connectivity index (χ4v) is 2.95. The molecule has 0 radical (unpaired) electrons. The Kier molecular flexibility index (Phi) is 5.36. The van der Waals surface area contributed by atoms with E-state index >= 15 is 0 Å². The van der Waals surface area contributed by atoms with Crippen molar-refractivity contribution in [3.63, 3.8) is 0 Å². The Bertz CT molecular complexity index is 699. The summed E-state index contributed by atoms with van der Waals surface area (Å²) in [6.45, 7) is 0. The number of rotatable bonds is 4. The number of amides is 1. The summed E-state index contributed by atoms with van der Waals surface area (Å²) >= 11 is 0. The van der Waals surface area contributed by atoms with Crippen LogP contribution in [0.1, 0.15) is 49.0 Å². The van der Waals surface area contributed by atoms with Gasteiger partial charge in [0.2, 0.25) is 0 Å². The van der Waals surface area contributed by atoms with Crippen molar-refractivity contribution in [2.75, 3.05) is 10.6 Å². The molecule has 0 bridgehead atoms. The van der Waals surface area contributed by atoms with Crippen molar-refractivity contribution in [1.29, 1.82) is 0 Å². The van der Waals surface area contributed by atoms with E-state index in [-0.39, 0.29) is 11.6 Å². The normalized spacial score (nSPS) is 15.5. The van der Waals surface area contributed by atoms with Crippen LogP contribution in [0.5, 0.6) is 0 Å². The summed E-state index contributed by atoms with van der Waals surface area (Å²) in [6, 6.07) is 7.80. The standard InChI is InChI=1S/C18H21FN4O/c19-13-6-5-9-15(10-13)23-18(24)16-11-17(21-12-20-16)22-14-7-3-1-2-4-8-14/h5-6,9-12,14H,1-4,7-8H2,(H,23,24)(H,20,21,22). The molecule has 1 aliphatic rings. The van der Waals surface area contributed by atoms with Crippen LogP contribution in [-0.4, -0.2) is 21.9 Å². The number of hydrogen-bond acceptors (Lipinski definition) is 4. The van der Waals surface area contributed by atoms with Crippen LogP contribution in [0.25, 0.3) is 0 Å². The first kappa shape index (κ1) is 16.4. The summed E-state index contributed by atoms with van der Waals surface area (Å²) in [5.74, 6) is -0.126. The molecule has 2 N–H and O–H groups in total.